The number of benzene rings is 1. The molecule has 0 unspecified atom stereocenters. The second kappa shape index (κ2) is 7.01. The van der Waals surface area contributed by atoms with Gasteiger partial charge >= 0.3 is 0 Å². The van der Waals surface area contributed by atoms with Gasteiger partial charge in [-0.2, -0.15) is 0 Å². The van der Waals surface area contributed by atoms with Crippen LogP contribution in [0.5, 0.6) is 5.75 Å². The molecule has 18 heavy (non-hydrogen) atoms. The van der Waals surface area contributed by atoms with Crippen molar-refractivity contribution in [3.8, 4) is 5.75 Å². The van der Waals surface area contributed by atoms with Gasteiger partial charge < -0.3 is 10.1 Å². The molecule has 1 aliphatic heterocycles. The van der Waals surface area contributed by atoms with Crippen molar-refractivity contribution in [1.82, 2.24) is 5.32 Å². The standard InChI is InChI=1S/C15H22ClNO/c1-2-3-7-14(12-9-10-17-11-12)18-15-8-5-4-6-13(15)16/h4-6,8,12,14,17H,2-3,7,9-11H2,1H3/t12-,14+/m0/s1. The van der Waals surface area contributed by atoms with Gasteiger partial charge in [0.05, 0.1) is 5.02 Å². The number of hydrogen-bond donors (Lipinski definition) is 1. The number of hydrogen-bond acceptors (Lipinski definition) is 2. The molecular formula is C15H22ClNO. The van der Waals surface area contributed by atoms with E-state index in [9.17, 15) is 0 Å². The van der Waals surface area contributed by atoms with Crippen LogP contribution in [0.2, 0.25) is 5.02 Å². The second-order valence-electron chi connectivity index (χ2n) is 4.98. The molecule has 0 radical (unpaired) electrons. The highest BCUT2D eigenvalue weighted by atomic mass is 35.5. The second-order valence-corrected chi connectivity index (χ2v) is 5.39. The average molecular weight is 268 g/mol. The van der Waals surface area contributed by atoms with Gasteiger partial charge in [0.2, 0.25) is 0 Å². The van der Waals surface area contributed by atoms with Gasteiger partial charge in [-0.15, -0.1) is 0 Å². The van der Waals surface area contributed by atoms with E-state index >= 15 is 0 Å². The van der Waals surface area contributed by atoms with Crippen LogP contribution in [-0.2, 0) is 0 Å². The SMILES string of the molecule is CCCC[C@@H](Oc1ccccc1Cl)[C@H]1CCNC1. The summed E-state index contributed by atoms with van der Waals surface area (Å²) in [5, 5.41) is 4.13. The Labute approximate surface area is 115 Å². The number of unbranched alkanes of at least 4 members (excludes halogenated alkanes) is 1. The smallest absolute Gasteiger partial charge is 0.138 e. The lowest BCUT2D eigenvalue weighted by Crippen LogP contribution is -2.29. The molecule has 0 bridgehead atoms. The van der Waals surface area contributed by atoms with Crippen LogP contribution in [0, 0.1) is 5.92 Å². The Morgan fingerprint density at radius 1 is 1.44 bits per heavy atom. The van der Waals surface area contributed by atoms with Crippen molar-refractivity contribution >= 4 is 11.6 Å². The van der Waals surface area contributed by atoms with Gasteiger partial charge in [0.1, 0.15) is 11.9 Å². The third-order valence-corrected chi connectivity index (χ3v) is 3.89. The molecule has 1 heterocycles. The monoisotopic (exact) mass is 267 g/mol. The molecule has 1 N–H and O–H groups in total. The average Bonchev–Trinajstić information content (AvgIpc) is 2.90. The zero-order valence-electron chi connectivity index (χ0n) is 11.0. The summed E-state index contributed by atoms with van der Waals surface area (Å²) < 4.78 is 6.16. The number of rotatable bonds is 6. The van der Waals surface area contributed by atoms with Gasteiger partial charge in [-0.3, -0.25) is 0 Å². The lowest BCUT2D eigenvalue weighted by atomic mass is 9.97. The van der Waals surface area contributed by atoms with Crippen molar-refractivity contribution in [1.29, 1.82) is 0 Å². The highest BCUT2D eigenvalue weighted by Crippen LogP contribution is 2.29. The van der Waals surface area contributed by atoms with E-state index in [0.29, 0.717) is 17.0 Å². The Hall–Kier alpha value is -0.730. The van der Waals surface area contributed by atoms with E-state index in [4.69, 9.17) is 16.3 Å². The Balaban J connectivity index is 2.02. The van der Waals surface area contributed by atoms with E-state index in [0.717, 1.165) is 25.3 Å². The fourth-order valence-corrected chi connectivity index (χ4v) is 2.67. The van der Waals surface area contributed by atoms with E-state index < -0.39 is 0 Å². The van der Waals surface area contributed by atoms with Crippen LogP contribution >= 0.6 is 11.6 Å². The van der Waals surface area contributed by atoms with E-state index in [1.807, 2.05) is 24.3 Å². The first-order valence-electron chi connectivity index (χ1n) is 6.93. The topological polar surface area (TPSA) is 21.3 Å². The summed E-state index contributed by atoms with van der Waals surface area (Å²) in [5.74, 6) is 1.44. The van der Waals surface area contributed by atoms with Crippen LogP contribution in [-0.4, -0.2) is 19.2 Å². The summed E-state index contributed by atoms with van der Waals surface area (Å²) >= 11 is 6.17. The van der Waals surface area contributed by atoms with E-state index in [2.05, 4.69) is 12.2 Å². The zero-order chi connectivity index (χ0) is 12.8. The lowest BCUT2D eigenvalue weighted by Gasteiger charge is -2.24. The van der Waals surface area contributed by atoms with Gasteiger partial charge in [-0.25, -0.2) is 0 Å². The van der Waals surface area contributed by atoms with Crippen LogP contribution in [0.4, 0.5) is 0 Å². The van der Waals surface area contributed by atoms with Gasteiger partial charge in [-0.1, -0.05) is 43.5 Å². The van der Waals surface area contributed by atoms with Crippen molar-refractivity contribution < 1.29 is 4.74 Å². The molecule has 1 aromatic rings. The Morgan fingerprint density at radius 2 is 2.28 bits per heavy atom. The summed E-state index contributed by atoms with van der Waals surface area (Å²) in [4.78, 5) is 0. The number of ether oxygens (including phenoxy) is 1. The molecule has 0 aromatic heterocycles. The quantitative estimate of drug-likeness (QED) is 0.844. The highest BCUT2D eigenvalue weighted by Gasteiger charge is 2.26. The first-order chi connectivity index (χ1) is 8.81. The molecule has 2 rings (SSSR count). The molecule has 100 valence electrons. The number of nitrogens with one attached hydrogen (secondary N) is 1. The molecule has 0 amide bonds. The van der Waals surface area contributed by atoms with E-state index in [1.165, 1.54) is 19.3 Å². The molecular weight excluding hydrogens is 246 g/mol. The van der Waals surface area contributed by atoms with Crippen molar-refractivity contribution in [3.05, 3.63) is 29.3 Å². The van der Waals surface area contributed by atoms with Crippen LogP contribution in [0.25, 0.3) is 0 Å². The minimum atomic E-state index is 0.292. The molecule has 1 aliphatic rings. The summed E-state index contributed by atoms with van der Waals surface area (Å²) in [6.07, 6.45) is 5.04. The summed E-state index contributed by atoms with van der Waals surface area (Å²) in [6.45, 7) is 4.40. The van der Waals surface area contributed by atoms with Crippen molar-refractivity contribution in [2.24, 2.45) is 5.92 Å². The van der Waals surface area contributed by atoms with Crippen LogP contribution in [0.3, 0.4) is 0 Å². The molecule has 1 saturated heterocycles. The third-order valence-electron chi connectivity index (χ3n) is 3.58. The van der Waals surface area contributed by atoms with Crippen molar-refractivity contribution in [3.63, 3.8) is 0 Å². The first-order valence-corrected chi connectivity index (χ1v) is 7.31. The Morgan fingerprint density at radius 3 is 2.94 bits per heavy atom. The van der Waals surface area contributed by atoms with Gasteiger partial charge in [0.25, 0.3) is 0 Å². The Bertz CT molecular complexity index is 363. The maximum absolute atomic E-state index is 6.17. The van der Waals surface area contributed by atoms with Gasteiger partial charge in [-0.05, 0) is 31.5 Å². The minimum absolute atomic E-state index is 0.292. The summed E-state index contributed by atoms with van der Waals surface area (Å²) in [5.41, 5.74) is 0. The molecule has 1 fully saturated rings. The molecule has 1 aromatic carbocycles. The first kappa shape index (κ1) is 13.7. The largest absolute Gasteiger partial charge is 0.489 e. The maximum Gasteiger partial charge on any atom is 0.138 e. The predicted octanol–water partition coefficient (Wildman–Crippen LogP) is 3.89. The van der Waals surface area contributed by atoms with E-state index in [-0.39, 0.29) is 0 Å². The zero-order valence-corrected chi connectivity index (χ0v) is 11.7. The summed E-state index contributed by atoms with van der Waals surface area (Å²) in [7, 11) is 0. The molecule has 3 heteroatoms. The lowest BCUT2D eigenvalue weighted by molar-refractivity contribution is 0.131. The van der Waals surface area contributed by atoms with E-state index in [1.54, 1.807) is 0 Å². The van der Waals surface area contributed by atoms with Gasteiger partial charge in [0.15, 0.2) is 0 Å². The fraction of sp³-hybridized carbons (Fsp3) is 0.600. The maximum atomic E-state index is 6.17. The summed E-state index contributed by atoms with van der Waals surface area (Å²) in [6, 6.07) is 7.77. The van der Waals surface area contributed by atoms with Crippen molar-refractivity contribution in [2.45, 2.75) is 38.7 Å². The van der Waals surface area contributed by atoms with Crippen molar-refractivity contribution in [2.75, 3.05) is 13.1 Å². The minimum Gasteiger partial charge on any atom is -0.489 e. The molecule has 2 nitrogen and oxygen atoms in total. The van der Waals surface area contributed by atoms with Gasteiger partial charge in [0, 0.05) is 12.5 Å². The molecule has 2 atom stereocenters. The third kappa shape index (κ3) is 3.63. The number of halogens is 1. The Kier molecular flexibility index (Phi) is 5.33. The normalized spacial score (nSPS) is 20.9. The molecule has 0 aliphatic carbocycles. The molecule has 0 saturated carbocycles. The van der Waals surface area contributed by atoms with Crippen LogP contribution in [0.15, 0.2) is 24.3 Å². The molecule has 0 spiro atoms. The highest BCUT2D eigenvalue weighted by molar-refractivity contribution is 6.32. The fourth-order valence-electron chi connectivity index (χ4n) is 2.49. The predicted molar refractivity (Wildman–Crippen MR) is 76.4 cm³/mol. The van der Waals surface area contributed by atoms with Crippen LogP contribution < -0.4 is 10.1 Å². The number of para-hydroxylation sites is 1. The van der Waals surface area contributed by atoms with Crippen LogP contribution in [0.1, 0.15) is 32.6 Å².